The van der Waals surface area contributed by atoms with Gasteiger partial charge in [-0.25, -0.2) is 13.2 Å². The zero-order chi connectivity index (χ0) is 14.8. The van der Waals surface area contributed by atoms with Crippen LogP contribution >= 0.6 is 0 Å². The van der Waals surface area contributed by atoms with Crippen LogP contribution in [0.4, 0.5) is 4.79 Å². The van der Waals surface area contributed by atoms with Gasteiger partial charge in [0.15, 0.2) is 0 Å². The van der Waals surface area contributed by atoms with Crippen LogP contribution in [0.5, 0.6) is 0 Å². The fourth-order valence-corrected chi connectivity index (χ4v) is 2.69. The molecule has 2 atom stereocenters. The topological polar surface area (TPSA) is 95.9 Å². The molecule has 0 aromatic rings. The molecule has 0 aliphatic carbocycles. The molecule has 1 amide bonds. The van der Waals surface area contributed by atoms with E-state index in [0.717, 1.165) is 6.26 Å². The zero-order valence-electron chi connectivity index (χ0n) is 11.7. The molecular weight excluding hydrogens is 272 g/mol. The van der Waals surface area contributed by atoms with Crippen LogP contribution in [0.15, 0.2) is 0 Å². The summed E-state index contributed by atoms with van der Waals surface area (Å²) in [5.74, 6) is 0. The fraction of sp³-hybridized carbons (Fsp3) is 0.909. The van der Waals surface area contributed by atoms with E-state index in [9.17, 15) is 18.3 Å². The maximum atomic E-state index is 11.6. The molecule has 0 unspecified atom stereocenters. The van der Waals surface area contributed by atoms with Crippen molar-refractivity contribution in [2.24, 2.45) is 0 Å². The van der Waals surface area contributed by atoms with E-state index in [1.54, 1.807) is 20.8 Å². The summed E-state index contributed by atoms with van der Waals surface area (Å²) in [6.45, 7) is 5.50. The number of carbonyl (C=O) groups excluding carboxylic acids is 1. The van der Waals surface area contributed by atoms with Crippen LogP contribution < -0.4 is 5.32 Å². The Morgan fingerprint density at radius 2 is 2.00 bits per heavy atom. The maximum Gasteiger partial charge on any atom is 0.407 e. The highest BCUT2D eigenvalue weighted by atomic mass is 32.2. The van der Waals surface area contributed by atoms with Crippen LogP contribution in [0.25, 0.3) is 0 Å². The normalized spacial score (nSPS) is 25.9. The minimum atomic E-state index is -3.31. The summed E-state index contributed by atoms with van der Waals surface area (Å²) >= 11 is 0. The predicted octanol–water partition coefficient (Wildman–Crippen LogP) is -0.0941. The zero-order valence-corrected chi connectivity index (χ0v) is 12.5. The minimum Gasteiger partial charge on any atom is -0.444 e. The number of aliphatic hydroxyl groups is 1. The van der Waals surface area contributed by atoms with Gasteiger partial charge in [-0.2, -0.15) is 4.31 Å². The molecule has 1 aliphatic rings. The SMILES string of the molecule is CC(C)(C)OC(=O)N[C@H]1CCN(S(C)(=O)=O)C[C@H]1O. The molecular formula is C11H22N2O5S. The van der Waals surface area contributed by atoms with Gasteiger partial charge in [-0.15, -0.1) is 0 Å². The number of amides is 1. The molecule has 112 valence electrons. The number of sulfonamides is 1. The molecule has 8 heteroatoms. The lowest BCUT2D eigenvalue weighted by Crippen LogP contribution is -2.55. The van der Waals surface area contributed by atoms with Gasteiger partial charge in [-0.1, -0.05) is 0 Å². The summed E-state index contributed by atoms with van der Waals surface area (Å²) in [6.07, 6.45) is -0.0881. The van der Waals surface area contributed by atoms with Crippen molar-refractivity contribution in [1.82, 2.24) is 9.62 Å². The van der Waals surface area contributed by atoms with E-state index in [1.807, 2.05) is 0 Å². The molecule has 7 nitrogen and oxygen atoms in total. The van der Waals surface area contributed by atoms with Crippen molar-refractivity contribution in [3.63, 3.8) is 0 Å². The molecule has 0 radical (unpaired) electrons. The lowest BCUT2D eigenvalue weighted by molar-refractivity contribution is 0.0323. The molecule has 1 fully saturated rings. The fourth-order valence-electron chi connectivity index (χ4n) is 1.83. The number of hydrogen-bond acceptors (Lipinski definition) is 5. The quantitative estimate of drug-likeness (QED) is 0.742. The summed E-state index contributed by atoms with van der Waals surface area (Å²) in [4.78, 5) is 11.6. The summed E-state index contributed by atoms with van der Waals surface area (Å²) < 4.78 is 29.0. The predicted molar refractivity (Wildman–Crippen MR) is 70.2 cm³/mol. The smallest absolute Gasteiger partial charge is 0.407 e. The number of hydrogen-bond donors (Lipinski definition) is 2. The molecule has 0 aromatic heterocycles. The first-order valence-electron chi connectivity index (χ1n) is 6.12. The number of nitrogens with one attached hydrogen (secondary N) is 1. The molecule has 1 rings (SSSR count). The Morgan fingerprint density at radius 3 is 2.42 bits per heavy atom. The van der Waals surface area contributed by atoms with Crippen LogP contribution in [0.3, 0.4) is 0 Å². The van der Waals surface area contributed by atoms with E-state index in [0.29, 0.717) is 6.42 Å². The van der Waals surface area contributed by atoms with Crippen molar-refractivity contribution < 1.29 is 23.1 Å². The summed E-state index contributed by atoms with van der Waals surface area (Å²) in [7, 11) is -3.31. The van der Waals surface area contributed by atoms with Crippen molar-refractivity contribution in [3.05, 3.63) is 0 Å². The van der Waals surface area contributed by atoms with E-state index >= 15 is 0 Å². The minimum absolute atomic E-state index is 0.0146. The van der Waals surface area contributed by atoms with Gasteiger partial charge in [0.2, 0.25) is 10.0 Å². The van der Waals surface area contributed by atoms with E-state index in [4.69, 9.17) is 4.74 Å². The summed E-state index contributed by atoms with van der Waals surface area (Å²) in [6, 6.07) is -0.493. The standard InChI is InChI=1S/C11H22N2O5S/c1-11(2,3)18-10(15)12-8-5-6-13(7-9(8)14)19(4,16)17/h8-9,14H,5-7H2,1-4H3,(H,12,15)/t8-,9+/m0/s1. The van der Waals surface area contributed by atoms with Crippen molar-refractivity contribution in [1.29, 1.82) is 0 Å². The van der Waals surface area contributed by atoms with E-state index in [-0.39, 0.29) is 13.1 Å². The second-order valence-corrected chi connectivity index (χ2v) is 7.71. The number of nitrogens with zero attached hydrogens (tertiary/aromatic N) is 1. The van der Waals surface area contributed by atoms with Crippen LogP contribution in [0, 0.1) is 0 Å². The number of aliphatic hydroxyl groups excluding tert-OH is 1. The van der Waals surface area contributed by atoms with Gasteiger partial charge in [-0.05, 0) is 27.2 Å². The first kappa shape index (κ1) is 16.2. The highest BCUT2D eigenvalue weighted by molar-refractivity contribution is 7.88. The number of carbonyl (C=O) groups is 1. The Bertz CT molecular complexity index is 429. The number of piperidine rings is 1. The van der Waals surface area contributed by atoms with Crippen LogP contribution in [0.1, 0.15) is 27.2 Å². The highest BCUT2D eigenvalue weighted by Crippen LogP contribution is 2.15. The average Bonchev–Trinajstić information content (AvgIpc) is 2.16. The first-order valence-corrected chi connectivity index (χ1v) is 7.96. The van der Waals surface area contributed by atoms with Gasteiger partial charge in [0.1, 0.15) is 5.60 Å². The summed E-state index contributed by atoms with van der Waals surface area (Å²) in [5, 5.41) is 12.4. The van der Waals surface area contributed by atoms with E-state index in [1.165, 1.54) is 4.31 Å². The Labute approximate surface area is 114 Å². The Kier molecular flexibility index (Phi) is 4.81. The monoisotopic (exact) mass is 294 g/mol. The van der Waals surface area contributed by atoms with Crippen molar-refractivity contribution in [2.75, 3.05) is 19.3 Å². The molecule has 0 saturated carbocycles. The van der Waals surface area contributed by atoms with E-state index in [2.05, 4.69) is 5.32 Å². The number of β-amino-alcohol motifs (C(OH)–C–C–N with tert-alkyl or cyclic N) is 1. The van der Waals surface area contributed by atoms with Gasteiger partial charge in [0.25, 0.3) is 0 Å². The van der Waals surface area contributed by atoms with Gasteiger partial charge < -0.3 is 15.2 Å². The molecule has 2 N–H and O–H groups in total. The largest absolute Gasteiger partial charge is 0.444 e. The lowest BCUT2D eigenvalue weighted by Gasteiger charge is -2.35. The second kappa shape index (κ2) is 5.64. The molecule has 0 bridgehead atoms. The lowest BCUT2D eigenvalue weighted by atomic mass is 10.0. The Balaban J connectivity index is 2.53. The molecule has 0 aromatic carbocycles. The summed E-state index contributed by atoms with van der Waals surface area (Å²) in [5.41, 5.74) is -0.609. The molecule has 1 saturated heterocycles. The third-order valence-corrected chi connectivity index (χ3v) is 3.99. The maximum absolute atomic E-state index is 11.6. The van der Waals surface area contributed by atoms with Gasteiger partial charge >= 0.3 is 6.09 Å². The van der Waals surface area contributed by atoms with Crippen molar-refractivity contribution >= 4 is 16.1 Å². The van der Waals surface area contributed by atoms with E-state index < -0.39 is 33.9 Å². The Hall–Kier alpha value is -0.860. The highest BCUT2D eigenvalue weighted by Gasteiger charge is 2.33. The van der Waals surface area contributed by atoms with Crippen LogP contribution in [0.2, 0.25) is 0 Å². The van der Waals surface area contributed by atoms with Gasteiger partial charge in [0, 0.05) is 13.1 Å². The van der Waals surface area contributed by atoms with Crippen LogP contribution in [-0.2, 0) is 14.8 Å². The number of alkyl carbamates (subject to hydrolysis) is 1. The third-order valence-electron chi connectivity index (χ3n) is 2.72. The average molecular weight is 294 g/mol. The number of rotatable bonds is 2. The molecule has 19 heavy (non-hydrogen) atoms. The third kappa shape index (κ3) is 5.33. The Morgan fingerprint density at radius 1 is 1.42 bits per heavy atom. The van der Waals surface area contributed by atoms with Gasteiger partial charge in [-0.3, -0.25) is 0 Å². The first-order chi connectivity index (χ1) is 8.49. The number of ether oxygens (including phenoxy) is 1. The van der Waals surface area contributed by atoms with Crippen molar-refractivity contribution in [2.45, 2.75) is 44.9 Å². The van der Waals surface area contributed by atoms with Gasteiger partial charge in [0.05, 0.1) is 18.4 Å². The molecule has 1 heterocycles. The molecule has 0 spiro atoms. The molecule has 1 aliphatic heterocycles. The van der Waals surface area contributed by atoms with Crippen molar-refractivity contribution in [3.8, 4) is 0 Å². The second-order valence-electron chi connectivity index (χ2n) is 5.73. The van der Waals surface area contributed by atoms with Crippen LogP contribution in [-0.4, -0.2) is 61.0 Å².